The highest BCUT2D eigenvalue weighted by Gasteiger charge is 2.30. The Bertz CT molecular complexity index is 595. The zero-order chi connectivity index (χ0) is 14.9. The van der Waals surface area contributed by atoms with Gasteiger partial charge in [0.2, 0.25) is 10.0 Å². The molecule has 1 aromatic carbocycles. The summed E-state index contributed by atoms with van der Waals surface area (Å²) in [7, 11) is -1.80. The molecule has 1 aliphatic rings. The topological polar surface area (TPSA) is 46.6 Å². The van der Waals surface area contributed by atoms with Crippen LogP contribution in [0.2, 0.25) is 0 Å². The number of benzene rings is 1. The number of ether oxygens (including phenoxy) is 1. The van der Waals surface area contributed by atoms with Gasteiger partial charge in [0.15, 0.2) is 0 Å². The van der Waals surface area contributed by atoms with Crippen LogP contribution in [-0.2, 0) is 10.0 Å². The number of nitrogens with zero attached hydrogens (tertiary/aromatic N) is 1. The van der Waals surface area contributed by atoms with Crippen molar-refractivity contribution in [3.05, 3.63) is 23.3 Å². The van der Waals surface area contributed by atoms with Crippen molar-refractivity contribution in [1.82, 2.24) is 4.31 Å². The van der Waals surface area contributed by atoms with E-state index in [9.17, 15) is 8.42 Å². The maximum atomic E-state index is 12.8. The molecule has 0 aliphatic carbocycles. The lowest BCUT2D eigenvalue weighted by Crippen LogP contribution is -2.39. The van der Waals surface area contributed by atoms with Crippen LogP contribution in [0.3, 0.4) is 0 Å². The van der Waals surface area contributed by atoms with Crippen LogP contribution < -0.4 is 4.74 Å². The van der Waals surface area contributed by atoms with Crippen LogP contribution in [0.5, 0.6) is 5.75 Å². The third-order valence-electron chi connectivity index (χ3n) is 3.93. The Kier molecular flexibility index (Phi) is 4.39. The van der Waals surface area contributed by atoms with E-state index in [0.717, 1.165) is 29.7 Å². The minimum absolute atomic E-state index is 0.407. The standard InChI is InChI=1S/C15H23NO3S/c1-11-6-5-7-16(10-11)20(17,18)15-9-12(2)14(19-4)8-13(15)3/h8-9,11H,5-7,10H2,1-4H3/t11-/m1/s1. The summed E-state index contributed by atoms with van der Waals surface area (Å²) in [5.74, 6) is 1.16. The smallest absolute Gasteiger partial charge is 0.243 e. The highest BCUT2D eigenvalue weighted by molar-refractivity contribution is 7.89. The molecule has 5 heteroatoms. The molecule has 1 atom stereocenters. The van der Waals surface area contributed by atoms with Crippen molar-refractivity contribution in [2.45, 2.75) is 38.5 Å². The fourth-order valence-corrected chi connectivity index (χ4v) is 4.65. The predicted octanol–water partition coefficient (Wildman–Crippen LogP) is 2.73. The van der Waals surface area contributed by atoms with Gasteiger partial charge in [-0.1, -0.05) is 6.92 Å². The third-order valence-corrected chi connectivity index (χ3v) is 5.94. The lowest BCUT2D eigenvalue weighted by molar-refractivity contribution is 0.281. The maximum Gasteiger partial charge on any atom is 0.243 e. The first-order chi connectivity index (χ1) is 9.36. The summed E-state index contributed by atoms with van der Waals surface area (Å²) >= 11 is 0. The largest absolute Gasteiger partial charge is 0.496 e. The molecule has 1 saturated heterocycles. The Labute approximate surface area is 121 Å². The minimum atomic E-state index is -3.40. The van der Waals surface area contributed by atoms with Gasteiger partial charge in [-0.2, -0.15) is 4.31 Å². The molecule has 112 valence electrons. The fraction of sp³-hybridized carbons (Fsp3) is 0.600. The average molecular weight is 297 g/mol. The number of hydrogen-bond donors (Lipinski definition) is 0. The summed E-state index contributed by atoms with van der Waals surface area (Å²) in [4.78, 5) is 0.407. The van der Waals surface area contributed by atoms with E-state index >= 15 is 0 Å². The molecule has 0 aromatic heterocycles. The molecule has 0 N–H and O–H groups in total. The monoisotopic (exact) mass is 297 g/mol. The number of piperidine rings is 1. The first-order valence-corrected chi connectivity index (χ1v) is 8.45. The molecule has 0 saturated carbocycles. The molecule has 1 fully saturated rings. The van der Waals surface area contributed by atoms with Crippen LogP contribution in [0.1, 0.15) is 30.9 Å². The molecule has 1 aromatic rings. The zero-order valence-corrected chi connectivity index (χ0v) is 13.5. The Morgan fingerprint density at radius 2 is 1.95 bits per heavy atom. The molecule has 20 heavy (non-hydrogen) atoms. The summed E-state index contributed by atoms with van der Waals surface area (Å²) in [6.45, 7) is 7.04. The second kappa shape index (κ2) is 5.74. The van der Waals surface area contributed by atoms with E-state index in [0.29, 0.717) is 23.9 Å². The summed E-state index contributed by atoms with van der Waals surface area (Å²) in [6, 6.07) is 3.53. The van der Waals surface area contributed by atoms with Gasteiger partial charge >= 0.3 is 0 Å². The molecular formula is C15H23NO3S. The molecule has 0 spiro atoms. The molecule has 0 amide bonds. The molecular weight excluding hydrogens is 274 g/mol. The van der Waals surface area contributed by atoms with E-state index in [2.05, 4.69) is 6.92 Å². The highest BCUT2D eigenvalue weighted by Crippen LogP contribution is 2.29. The number of methoxy groups -OCH3 is 1. The Hall–Kier alpha value is -1.07. The van der Waals surface area contributed by atoms with Gasteiger partial charge in [0, 0.05) is 13.1 Å². The first kappa shape index (κ1) is 15.3. The van der Waals surface area contributed by atoms with E-state index in [1.165, 1.54) is 0 Å². The molecule has 1 heterocycles. The van der Waals surface area contributed by atoms with Gasteiger partial charge in [0.25, 0.3) is 0 Å². The van der Waals surface area contributed by atoms with Crippen LogP contribution >= 0.6 is 0 Å². The number of aryl methyl sites for hydroxylation is 2. The van der Waals surface area contributed by atoms with Crippen LogP contribution in [0, 0.1) is 19.8 Å². The van der Waals surface area contributed by atoms with E-state index < -0.39 is 10.0 Å². The second-order valence-corrected chi connectivity index (χ2v) is 7.60. The van der Waals surface area contributed by atoms with Gasteiger partial charge < -0.3 is 4.74 Å². The Balaban J connectivity index is 2.41. The van der Waals surface area contributed by atoms with Crippen LogP contribution in [0.15, 0.2) is 17.0 Å². The molecule has 0 radical (unpaired) electrons. The number of rotatable bonds is 3. The maximum absolute atomic E-state index is 12.8. The van der Waals surface area contributed by atoms with E-state index in [-0.39, 0.29) is 0 Å². The predicted molar refractivity (Wildman–Crippen MR) is 79.6 cm³/mol. The molecule has 1 aliphatic heterocycles. The second-order valence-electron chi connectivity index (χ2n) is 5.70. The first-order valence-electron chi connectivity index (χ1n) is 7.01. The van der Waals surface area contributed by atoms with E-state index in [4.69, 9.17) is 4.74 Å². The van der Waals surface area contributed by atoms with Crippen molar-refractivity contribution >= 4 is 10.0 Å². The fourth-order valence-electron chi connectivity index (χ4n) is 2.76. The molecule has 0 bridgehead atoms. The summed E-state index contributed by atoms with van der Waals surface area (Å²) in [5.41, 5.74) is 1.59. The summed E-state index contributed by atoms with van der Waals surface area (Å²) in [6.07, 6.45) is 2.04. The van der Waals surface area contributed by atoms with Crippen molar-refractivity contribution < 1.29 is 13.2 Å². The molecule has 2 rings (SSSR count). The van der Waals surface area contributed by atoms with Gasteiger partial charge in [-0.3, -0.25) is 0 Å². The average Bonchev–Trinajstić information content (AvgIpc) is 2.40. The van der Waals surface area contributed by atoms with Crippen LogP contribution in [0.4, 0.5) is 0 Å². The highest BCUT2D eigenvalue weighted by atomic mass is 32.2. The molecule has 4 nitrogen and oxygen atoms in total. The van der Waals surface area contributed by atoms with E-state index in [1.54, 1.807) is 23.5 Å². The summed E-state index contributed by atoms with van der Waals surface area (Å²) in [5, 5.41) is 0. The quantitative estimate of drug-likeness (QED) is 0.862. The minimum Gasteiger partial charge on any atom is -0.496 e. The SMILES string of the molecule is COc1cc(C)c(S(=O)(=O)N2CCC[C@@H](C)C2)cc1C. The Morgan fingerprint density at radius 3 is 2.55 bits per heavy atom. The van der Waals surface area contributed by atoms with Crippen LogP contribution in [0.25, 0.3) is 0 Å². The van der Waals surface area contributed by atoms with Gasteiger partial charge in [0.05, 0.1) is 12.0 Å². The van der Waals surface area contributed by atoms with Crippen molar-refractivity contribution in [2.75, 3.05) is 20.2 Å². The lowest BCUT2D eigenvalue weighted by Gasteiger charge is -2.30. The Morgan fingerprint density at radius 1 is 1.25 bits per heavy atom. The van der Waals surface area contributed by atoms with Gasteiger partial charge in [-0.05, 0) is 55.9 Å². The van der Waals surface area contributed by atoms with Crippen LogP contribution in [-0.4, -0.2) is 32.9 Å². The lowest BCUT2D eigenvalue weighted by atomic mass is 10.0. The van der Waals surface area contributed by atoms with Crippen molar-refractivity contribution in [3.63, 3.8) is 0 Å². The van der Waals surface area contributed by atoms with Crippen molar-refractivity contribution in [2.24, 2.45) is 5.92 Å². The van der Waals surface area contributed by atoms with E-state index in [1.807, 2.05) is 13.8 Å². The molecule has 0 unspecified atom stereocenters. The number of sulfonamides is 1. The van der Waals surface area contributed by atoms with Gasteiger partial charge in [-0.15, -0.1) is 0 Å². The summed E-state index contributed by atoms with van der Waals surface area (Å²) < 4.78 is 32.4. The third kappa shape index (κ3) is 2.83. The van der Waals surface area contributed by atoms with Gasteiger partial charge in [-0.25, -0.2) is 8.42 Å². The zero-order valence-electron chi connectivity index (χ0n) is 12.6. The van der Waals surface area contributed by atoms with Crippen molar-refractivity contribution in [1.29, 1.82) is 0 Å². The number of hydrogen-bond acceptors (Lipinski definition) is 3. The normalized spacial score (nSPS) is 20.9. The van der Waals surface area contributed by atoms with Gasteiger partial charge in [0.1, 0.15) is 5.75 Å². The van der Waals surface area contributed by atoms with Crippen molar-refractivity contribution in [3.8, 4) is 5.75 Å².